The lowest BCUT2D eigenvalue weighted by Crippen LogP contribution is -2.03. The molecule has 1 N–H and O–H groups in total. The van der Waals surface area contributed by atoms with Crippen molar-refractivity contribution in [2.75, 3.05) is 0 Å². The summed E-state index contributed by atoms with van der Waals surface area (Å²) in [6.07, 6.45) is 10.2. The zero-order valence-electron chi connectivity index (χ0n) is 44.4. The summed E-state index contributed by atoms with van der Waals surface area (Å²) in [6.45, 7) is 0. The predicted molar refractivity (Wildman–Crippen MR) is 337 cm³/mol. The van der Waals surface area contributed by atoms with Crippen molar-refractivity contribution in [1.82, 2.24) is 19.9 Å². The number of hydrogen-bond donors (Lipinski definition) is 1. The van der Waals surface area contributed by atoms with E-state index in [1.54, 1.807) is 0 Å². The van der Waals surface area contributed by atoms with Crippen LogP contribution in [0.15, 0.2) is 296 Å². The largest absolute Gasteiger partial charge is 0.361 e. The highest BCUT2D eigenvalue weighted by molar-refractivity contribution is 6.05. The number of benzene rings is 10. The van der Waals surface area contributed by atoms with Crippen LogP contribution in [-0.4, -0.2) is 25.6 Å². The number of aromatic amines is 1. The van der Waals surface area contributed by atoms with Gasteiger partial charge in [-0.2, -0.15) is 0 Å². The first-order valence-corrected chi connectivity index (χ1v) is 27.6. The molecule has 14 rings (SSSR count). The van der Waals surface area contributed by atoms with Crippen molar-refractivity contribution in [1.29, 1.82) is 0 Å². The number of H-pyrrole nitrogens is 1. The first-order valence-electron chi connectivity index (χ1n) is 27.6. The van der Waals surface area contributed by atoms with Crippen molar-refractivity contribution in [3.05, 3.63) is 308 Å². The third-order valence-corrected chi connectivity index (χ3v) is 15.5. The fraction of sp³-hybridized carbons (Fsp3) is 0.0263. The molecule has 0 spiro atoms. The number of rotatable bonds is 11. The Morgan fingerprint density at radius 1 is 0.346 bits per heavy atom. The van der Waals surface area contributed by atoms with Crippen molar-refractivity contribution in [3.8, 4) is 89.5 Å². The highest BCUT2D eigenvalue weighted by atomic mass is 14.9. The Morgan fingerprint density at radius 2 is 0.815 bits per heavy atom. The number of nitrogens with one attached hydrogen (secondary N) is 1. The highest BCUT2D eigenvalue weighted by Gasteiger charge is 2.16. The van der Waals surface area contributed by atoms with Crippen LogP contribution in [0.2, 0.25) is 0 Å². The molecule has 81 heavy (non-hydrogen) atoms. The second-order valence-corrected chi connectivity index (χ2v) is 20.6. The maximum Gasteiger partial charge on any atom is 0.160 e. The molecular formula is C76H53N5. The van der Waals surface area contributed by atoms with Crippen LogP contribution in [-0.2, 0) is 0 Å². The Kier molecular flexibility index (Phi) is 13.0. The average molecular weight is 1040 g/mol. The van der Waals surface area contributed by atoms with Gasteiger partial charge in [-0.25, -0.2) is 9.97 Å². The van der Waals surface area contributed by atoms with Crippen LogP contribution in [0.1, 0.15) is 29.5 Å². The second kappa shape index (κ2) is 21.7. The number of nitrogens with zero attached hydrogens (tertiary/aromatic N) is 4. The maximum atomic E-state index is 5.53. The lowest BCUT2D eigenvalue weighted by atomic mass is 9.94. The summed E-state index contributed by atoms with van der Waals surface area (Å²) in [5.41, 5.74) is 24.8. The molecule has 0 aliphatic carbocycles. The topological polar surface area (TPSA) is 66.8 Å². The average Bonchev–Trinajstić information content (AvgIpc) is 4.04. The van der Waals surface area contributed by atoms with Crippen molar-refractivity contribution >= 4 is 38.8 Å². The number of allylic oxidation sites excluding steroid dienone is 3. The molecule has 0 saturated carbocycles. The molecule has 10 aromatic carbocycles. The molecule has 0 fully saturated rings. The molecule has 0 unspecified atom stereocenters. The SMILES string of the molecule is C1=C(/c2ccc(-c3cccc4cc[nH]c34)cc2)N=C(c2ccc(-c3ccc(-c4nc(-c5ccc(-c6ccccc6)cc5)cc(-c5ccc(-c6cccc7cccnc67)cc5)n4)cc3)cc2)CC\C=C/1c1ccc(-c2ccccc2)cc1. The van der Waals surface area contributed by atoms with Gasteiger partial charge in [-0.1, -0.05) is 255 Å². The molecule has 4 heterocycles. The Morgan fingerprint density at radius 3 is 1.42 bits per heavy atom. The fourth-order valence-corrected chi connectivity index (χ4v) is 11.2. The van der Waals surface area contributed by atoms with Gasteiger partial charge in [-0.05, 0) is 104 Å². The van der Waals surface area contributed by atoms with Gasteiger partial charge in [-0.15, -0.1) is 0 Å². The van der Waals surface area contributed by atoms with Gasteiger partial charge in [0.15, 0.2) is 5.82 Å². The minimum atomic E-state index is 0.666. The Balaban J connectivity index is 0.766. The number of hydrogen-bond acceptors (Lipinski definition) is 4. The molecule has 1 aliphatic heterocycles. The summed E-state index contributed by atoms with van der Waals surface area (Å²) >= 11 is 0. The fourth-order valence-electron chi connectivity index (χ4n) is 11.2. The van der Waals surface area contributed by atoms with E-state index in [0.717, 1.165) is 113 Å². The minimum absolute atomic E-state index is 0.666. The van der Waals surface area contributed by atoms with Crippen LogP contribution in [0.4, 0.5) is 0 Å². The monoisotopic (exact) mass is 1040 g/mol. The number of aromatic nitrogens is 4. The maximum absolute atomic E-state index is 5.53. The third-order valence-electron chi connectivity index (χ3n) is 15.5. The zero-order chi connectivity index (χ0) is 53.9. The Labute approximate surface area is 471 Å². The van der Waals surface area contributed by atoms with Gasteiger partial charge in [-0.3, -0.25) is 9.98 Å². The van der Waals surface area contributed by atoms with E-state index in [2.05, 4.69) is 272 Å². The summed E-state index contributed by atoms with van der Waals surface area (Å²) in [7, 11) is 0. The normalized spacial score (nSPS) is 13.9. The molecule has 3 aromatic heterocycles. The standard InChI is InChI=1S/C76H53N5/c1-3-11-51(12-4-1)53-22-24-57(25-23-53)67-17-9-21-70(79-71(49-67)61-40-32-59(33-41-61)69-20-8-16-65-46-48-78-75(65)69)60-36-26-55(27-37-60)56-30-44-66(45-31-56)76-80-72(62-38-28-54(29-39-62)52-13-5-2-6-14-52)50-73(81-76)63-42-34-58(35-43-63)68-19-7-15-64-18-10-47-77-74(64)68/h1-8,10-20,22-50,78H,9,21H2/b67-17+,71-49-,79-70?. The van der Waals surface area contributed by atoms with Crippen LogP contribution in [0, 0.1) is 0 Å². The van der Waals surface area contributed by atoms with Gasteiger partial charge in [0.2, 0.25) is 0 Å². The molecule has 0 saturated heterocycles. The van der Waals surface area contributed by atoms with Crippen LogP contribution in [0.25, 0.3) is 123 Å². The third kappa shape index (κ3) is 10.1. The number of fused-ring (bicyclic) bond motifs is 2. The van der Waals surface area contributed by atoms with Gasteiger partial charge in [0.05, 0.1) is 28.1 Å². The van der Waals surface area contributed by atoms with Crippen molar-refractivity contribution < 1.29 is 0 Å². The molecule has 5 heteroatoms. The summed E-state index contributed by atoms with van der Waals surface area (Å²) in [4.78, 5) is 24.2. The molecular weight excluding hydrogens is 983 g/mol. The lowest BCUT2D eigenvalue weighted by molar-refractivity contribution is 1.09. The lowest BCUT2D eigenvalue weighted by Gasteiger charge is -2.15. The Hall–Kier alpha value is -10.6. The Bertz CT molecular complexity index is 4470. The second-order valence-electron chi connectivity index (χ2n) is 20.6. The van der Waals surface area contributed by atoms with Crippen LogP contribution >= 0.6 is 0 Å². The van der Waals surface area contributed by atoms with E-state index in [4.69, 9.17) is 19.9 Å². The van der Waals surface area contributed by atoms with Crippen molar-refractivity contribution in [3.63, 3.8) is 0 Å². The quantitative estimate of drug-likeness (QED) is 0.140. The summed E-state index contributed by atoms with van der Waals surface area (Å²) in [5, 5.41) is 2.32. The first kappa shape index (κ1) is 48.7. The van der Waals surface area contributed by atoms with Crippen LogP contribution < -0.4 is 0 Å². The van der Waals surface area contributed by atoms with Crippen molar-refractivity contribution in [2.24, 2.45) is 4.99 Å². The van der Waals surface area contributed by atoms with Gasteiger partial charge >= 0.3 is 0 Å². The van der Waals surface area contributed by atoms with Gasteiger partial charge in [0.25, 0.3) is 0 Å². The number of aliphatic imine (C=N–C) groups is 1. The van der Waals surface area contributed by atoms with Crippen LogP contribution in [0.5, 0.6) is 0 Å². The van der Waals surface area contributed by atoms with E-state index in [0.29, 0.717) is 5.82 Å². The molecule has 5 nitrogen and oxygen atoms in total. The molecule has 0 radical (unpaired) electrons. The van der Waals surface area contributed by atoms with Crippen LogP contribution in [0.3, 0.4) is 0 Å². The summed E-state index contributed by atoms with van der Waals surface area (Å²) in [6, 6.07) is 94.7. The smallest absolute Gasteiger partial charge is 0.160 e. The van der Waals surface area contributed by atoms with Gasteiger partial charge < -0.3 is 4.98 Å². The van der Waals surface area contributed by atoms with E-state index >= 15 is 0 Å². The van der Waals surface area contributed by atoms with E-state index in [1.165, 1.54) is 38.8 Å². The highest BCUT2D eigenvalue weighted by Crippen LogP contribution is 2.36. The molecule has 0 amide bonds. The molecule has 382 valence electrons. The summed E-state index contributed by atoms with van der Waals surface area (Å²) in [5.74, 6) is 0.666. The zero-order valence-corrected chi connectivity index (χ0v) is 44.4. The summed E-state index contributed by atoms with van der Waals surface area (Å²) < 4.78 is 0. The van der Waals surface area contributed by atoms with Crippen molar-refractivity contribution in [2.45, 2.75) is 12.8 Å². The van der Waals surface area contributed by atoms with E-state index < -0.39 is 0 Å². The number of pyridine rings is 1. The van der Waals surface area contributed by atoms with E-state index in [9.17, 15) is 0 Å². The van der Waals surface area contributed by atoms with Gasteiger partial charge in [0.1, 0.15) is 0 Å². The van der Waals surface area contributed by atoms with E-state index in [-0.39, 0.29) is 0 Å². The molecule has 13 aromatic rings. The minimum Gasteiger partial charge on any atom is -0.361 e. The number of para-hydroxylation sites is 2. The molecule has 0 bridgehead atoms. The first-order chi connectivity index (χ1) is 40.1. The van der Waals surface area contributed by atoms with E-state index in [1.807, 2.05) is 24.5 Å². The predicted octanol–water partition coefficient (Wildman–Crippen LogP) is 19.5. The van der Waals surface area contributed by atoms with Gasteiger partial charge in [0, 0.05) is 56.9 Å². The molecule has 0 atom stereocenters. The molecule has 1 aliphatic rings.